The Hall–Kier alpha value is -3.19. The zero-order valence-corrected chi connectivity index (χ0v) is 20.4. The van der Waals surface area contributed by atoms with Gasteiger partial charge < -0.3 is 19.5 Å². The average molecular weight is 463 g/mol. The highest BCUT2D eigenvalue weighted by atomic mass is 32.1. The molecule has 172 valence electrons. The first-order valence-corrected chi connectivity index (χ1v) is 11.7. The molecule has 0 saturated carbocycles. The number of esters is 1. The number of ether oxygens (including phenoxy) is 1. The first-order valence-electron chi connectivity index (χ1n) is 11.3. The maximum Gasteiger partial charge on any atom is 0.337 e. The zero-order valence-electron chi connectivity index (χ0n) is 19.5. The van der Waals surface area contributed by atoms with E-state index in [2.05, 4.69) is 52.7 Å². The third kappa shape index (κ3) is 4.37. The molecule has 0 amide bonds. The molecule has 1 aliphatic rings. The number of benzene rings is 1. The number of methoxy groups -OCH3 is 1. The number of pyridine rings is 1. The van der Waals surface area contributed by atoms with Crippen molar-refractivity contribution in [3.63, 3.8) is 0 Å². The quantitative estimate of drug-likeness (QED) is 0.392. The van der Waals surface area contributed by atoms with Gasteiger partial charge in [0.1, 0.15) is 0 Å². The fourth-order valence-electron chi connectivity index (χ4n) is 4.69. The molecule has 6 nitrogen and oxygen atoms in total. The molecule has 0 aliphatic carbocycles. The van der Waals surface area contributed by atoms with Crippen molar-refractivity contribution in [3.8, 4) is 5.69 Å². The van der Waals surface area contributed by atoms with Gasteiger partial charge in [0, 0.05) is 29.8 Å². The van der Waals surface area contributed by atoms with Crippen molar-refractivity contribution in [2.75, 3.05) is 13.7 Å². The lowest BCUT2D eigenvalue weighted by Gasteiger charge is -2.28. The fraction of sp³-hybridized carbons (Fsp3) is 0.346. The van der Waals surface area contributed by atoms with Crippen LogP contribution in [0.25, 0.3) is 5.69 Å². The molecular weight excluding hydrogens is 432 g/mol. The summed E-state index contributed by atoms with van der Waals surface area (Å²) in [6.45, 7) is 7.30. The minimum atomic E-state index is -0.342. The van der Waals surface area contributed by atoms with Crippen molar-refractivity contribution < 1.29 is 9.53 Å². The van der Waals surface area contributed by atoms with Gasteiger partial charge in [-0.3, -0.25) is 4.98 Å². The van der Waals surface area contributed by atoms with Crippen molar-refractivity contribution in [3.05, 3.63) is 82.9 Å². The summed E-state index contributed by atoms with van der Waals surface area (Å²) in [5, 5.41) is 4.29. The van der Waals surface area contributed by atoms with Crippen LogP contribution in [0.3, 0.4) is 0 Å². The molecule has 1 aliphatic heterocycles. The standard InChI is InChI=1S/C26H30N4O2S/c1-5-6-14-29-24(23(28-26(29)33)22-12-7-8-13-27-22)21-15-17(2)30(18(21)3)20-11-9-10-19(16-20)25(31)32-4/h7-13,15-16,23-24H,5-6,14H2,1-4H3,(H,28,33)/t23-,24-/m1/s1. The van der Waals surface area contributed by atoms with Crippen molar-refractivity contribution in [2.45, 2.75) is 45.7 Å². The molecule has 7 heteroatoms. The molecule has 0 unspecified atom stereocenters. The number of hydrogen-bond donors (Lipinski definition) is 1. The molecule has 4 rings (SSSR count). The number of unbranched alkanes of at least 4 members (excludes halogenated alkanes) is 1. The van der Waals surface area contributed by atoms with Crippen LogP contribution in [0.4, 0.5) is 0 Å². The van der Waals surface area contributed by atoms with Crippen molar-refractivity contribution in [1.29, 1.82) is 0 Å². The highest BCUT2D eigenvalue weighted by Gasteiger charge is 2.41. The highest BCUT2D eigenvalue weighted by molar-refractivity contribution is 7.80. The van der Waals surface area contributed by atoms with Gasteiger partial charge in [-0.05, 0) is 74.4 Å². The Labute approximate surface area is 200 Å². The molecule has 0 radical (unpaired) electrons. The van der Waals surface area contributed by atoms with E-state index >= 15 is 0 Å². The SMILES string of the molecule is CCCCN1C(=S)N[C@H](c2ccccn2)[C@H]1c1cc(C)n(-c2cccc(C(=O)OC)c2)c1C. The summed E-state index contributed by atoms with van der Waals surface area (Å²) in [4.78, 5) is 19.0. The number of hydrogen-bond acceptors (Lipinski definition) is 4. The number of carbonyl (C=O) groups is 1. The largest absolute Gasteiger partial charge is 0.465 e. The van der Waals surface area contributed by atoms with Crippen LogP contribution in [0.15, 0.2) is 54.7 Å². The summed E-state index contributed by atoms with van der Waals surface area (Å²) in [7, 11) is 1.40. The predicted octanol–water partition coefficient (Wildman–Crippen LogP) is 5.05. The van der Waals surface area contributed by atoms with E-state index in [9.17, 15) is 4.79 Å². The number of aryl methyl sites for hydroxylation is 1. The van der Waals surface area contributed by atoms with E-state index in [1.807, 2.05) is 36.5 Å². The molecule has 2 atom stereocenters. The number of nitrogens with one attached hydrogen (secondary N) is 1. The second-order valence-electron chi connectivity index (χ2n) is 8.38. The van der Waals surface area contributed by atoms with Crippen LogP contribution in [0.1, 0.15) is 64.9 Å². The van der Waals surface area contributed by atoms with Gasteiger partial charge >= 0.3 is 5.97 Å². The van der Waals surface area contributed by atoms with Gasteiger partial charge in [0.15, 0.2) is 5.11 Å². The minimum absolute atomic E-state index is 0.0303. The van der Waals surface area contributed by atoms with Crippen molar-refractivity contribution in [1.82, 2.24) is 19.8 Å². The molecule has 1 N–H and O–H groups in total. The van der Waals surface area contributed by atoms with Crippen LogP contribution in [-0.4, -0.2) is 39.2 Å². The summed E-state index contributed by atoms with van der Waals surface area (Å²) in [6, 6.07) is 15.8. The average Bonchev–Trinajstić information content (AvgIpc) is 3.32. The van der Waals surface area contributed by atoms with Gasteiger partial charge in [0.2, 0.25) is 0 Å². The molecule has 1 aromatic carbocycles. The number of carbonyl (C=O) groups excluding carboxylic acids is 1. The van der Waals surface area contributed by atoms with Gasteiger partial charge in [-0.1, -0.05) is 25.5 Å². The minimum Gasteiger partial charge on any atom is -0.465 e. The molecule has 2 aromatic heterocycles. The molecule has 1 fully saturated rings. The van der Waals surface area contributed by atoms with Crippen LogP contribution >= 0.6 is 12.2 Å². The first-order chi connectivity index (χ1) is 16.0. The number of nitrogens with zero attached hydrogens (tertiary/aromatic N) is 3. The van der Waals surface area contributed by atoms with Crippen LogP contribution in [-0.2, 0) is 4.74 Å². The molecule has 1 saturated heterocycles. The van der Waals surface area contributed by atoms with Gasteiger partial charge in [0.25, 0.3) is 0 Å². The Kier molecular flexibility index (Phi) is 6.79. The summed E-state index contributed by atoms with van der Waals surface area (Å²) >= 11 is 5.77. The van der Waals surface area contributed by atoms with Crippen LogP contribution in [0.2, 0.25) is 0 Å². The predicted molar refractivity (Wildman–Crippen MR) is 134 cm³/mol. The van der Waals surface area contributed by atoms with Crippen LogP contribution < -0.4 is 5.32 Å². The summed E-state index contributed by atoms with van der Waals surface area (Å²) in [5.74, 6) is -0.342. The Morgan fingerprint density at radius 2 is 2.00 bits per heavy atom. The number of rotatable bonds is 7. The van der Waals surface area contributed by atoms with Crippen LogP contribution in [0.5, 0.6) is 0 Å². The number of aromatic nitrogens is 2. The highest BCUT2D eigenvalue weighted by Crippen LogP contribution is 2.41. The maximum atomic E-state index is 12.1. The summed E-state index contributed by atoms with van der Waals surface area (Å²) in [6.07, 6.45) is 3.99. The Balaban J connectivity index is 1.81. The molecule has 3 aromatic rings. The lowest BCUT2D eigenvalue weighted by Crippen LogP contribution is -2.30. The van der Waals surface area contributed by atoms with Crippen molar-refractivity contribution >= 4 is 23.3 Å². The Morgan fingerprint density at radius 1 is 1.18 bits per heavy atom. The van der Waals surface area contributed by atoms with Gasteiger partial charge in [0.05, 0.1) is 30.5 Å². The van der Waals surface area contributed by atoms with Gasteiger partial charge in [-0.2, -0.15) is 0 Å². The van der Waals surface area contributed by atoms with E-state index < -0.39 is 0 Å². The normalized spacial score (nSPS) is 17.8. The van der Waals surface area contributed by atoms with E-state index in [1.165, 1.54) is 12.7 Å². The second-order valence-corrected chi connectivity index (χ2v) is 8.76. The maximum absolute atomic E-state index is 12.1. The smallest absolute Gasteiger partial charge is 0.337 e. The lowest BCUT2D eigenvalue weighted by molar-refractivity contribution is 0.0600. The Morgan fingerprint density at radius 3 is 2.70 bits per heavy atom. The van der Waals surface area contributed by atoms with Gasteiger partial charge in [-0.15, -0.1) is 0 Å². The van der Waals surface area contributed by atoms with Crippen molar-refractivity contribution in [2.24, 2.45) is 0 Å². The third-order valence-electron chi connectivity index (χ3n) is 6.26. The number of thiocarbonyl (C=S) groups is 1. The Bertz CT molecular complexity index is 1160. The van der Waals surface area contributed by atoms with E-state index in [0.717, 1.165) is 47.3 Å². The molecular formula is C26H30N4O2S. The van der Waals surface area contributed by atoms with E-state index in [0.29, 0.717) is 5.56 Å². The topological polar surface area (TPSA) is 59.4 Å². The first kappa shape index (κ1) is 23.0. The molecule has 0 bridgehead atoms. The second kappa shape index (κ2) is 9.75. The van der Waals surface area contributed by atoms with E-state index in [4.69, 9.17) is 17.0 Å². The summed E-state index contributed by atoms with van der Waals surface area (Å²) < 4.78 is 7.11. The lowest BCUT2D eigenvalue weighted by atomic mass is 9.96. The van der Waals surface area contributed by atoms with Crippen LogP contribution in [0, 0.1) is 13.8 Å². The van der Waals surface area contributed by atoms with E-state index in [-0.39, 0.29) is 18.1 Å². The molecule has 33 heavy (non-hydrogen) atoms. The third-order valence-corrected chi connectivity index (χ3v) is 6.62. The monoisotopic (exact) mass is 462 g/mol. The molecule has 3 heterocycles. The van der Waals surface area contributed by atoms with Gasteiger partial charge in [-0.25, -0.2) is 4.79 Å². The zero-order chi connectivity index (χ0) is 23.5. The summed E-state index contributed by atoms with van der Waals surface area (Å²) in [5.41, 5.74) is 5.85. The van der Waals surface area contributed by atoms with E-state index in [1.54, 1.807) is 6.07 Å². The fourth-order valence-corrected chi connectivity index (χ4v) is 5.02. The molecule has 0 spiro atoms.